The van der Waals surface area contributed by atoms with Crippen molar-refractivity contribution >= 4 is 85.1 Å². The van der Waals surface area contributed by atoms with Gasteiger partial charge >= 0.3 is 0 Å². The first-order valence-electron chi connectivity index (χ1n) is 9.45. The van der Waals surface area contributed by atoms with Crippen LogP contribution in [0.3, 0.4) is 0 Å². The van der Waals surface area contributed by atoms with Crippen LogP contribution in [-0.2, 0) is 4.79 Å². The summed E-state index contributed by atoms with van der Waals surface area (Å²) in [5.41, 5.74) is 0.907. The zero-order valence-corrected chi connectivity index (χ0v) is 20.8. The third-order valence-electron chi connectivity index (χ3n) is 5.55. The van der Waals surface area contributed by atoms with Crippen LogP contribution in [0.1, 0.15) is 23.7 Å². The topological polar surface area (TPSA) is 53.0 Å². The highest BCUT2D eigenvalue weighted by Gasteiger charge is 2.45. The molecule has 2 aromatic rings. The molecule has 2 aliphatic heterocycles. The number of hydrogen-bond acceptors (Lipinski definition) is 3. The lowest BCUT2D eigenvalue weighted by Crippen LogP contribution is -2.58. The van der Waals surface area contributed by atoms with Crippen molar-refractivity contribution in [2.45, 2.75) is 25.4 Å². The van der Waals surface area contributed by atoms with Crippen molar-refractivity contribution < 1.29 is 9.59 Å². The number of likely N-dealkylation sites (tertiary alicyclic amines) is 1. The van der Waals surface area contributed by atoms with Crippen LogP contribution in [0.4, 0.5) is 5.69 Å². The molecule has 2 unspecified atom stereocenters. The second kappa shape index (κ2) is 8.91. The number of halogens is 5. The number of rotatable bonds is 2. The van der Waals surface area contributed by atoms with E-state index in [2.05, 4.69) is 20.9 Å². The van der Waals surface area contributed by atoms with E-state index in [-0.39, 0.29) is 29.7 Å². The van der Waals surface area contributed by atoms with Crippen LogP contribution in [-0.4, -0.2) is 40.6 Å². The lowest BCUT2D eigenvalue weighted by Gasteiger charge is -2.44. The largest absolute Gasteiger partial charge is 0.334 e. The Hall–Kier alpha value is -1.31. The number of fused-ring (bicyclic) bond motifs is 1. The average molecular weight is 564 g/mol. The van der Waals surface area contributed by atoms with E-state index in [9.17, 15) is 9.59 Å². The standard InChI is InChI=1S/C21H16BrCl4N3O2/c1-10-6-13-17(9-28(10)19(30)11-2-4-14(23)15(24)7-11)27-21(26)29(20(13)31)18-5-3-12(22)8-16(18)25/h2-5,7-8,10,13,17H,6,9H2,1H3/t10-,13?,17?/m1/s1. The number of benzene rings is 2. The molecule has 1 fully saturated rings. The van der Waals surface area contributed by atoms with Gasteiger partial charge in [-0.25, -0.2) is 0 Å². The third kappa shape index (κ3) is 4.33. The van der Waals surface area contributed by atoms with Crippen LogP contribution >= 0.6 is 62.3 Å². The van der Waals surface area contributed by atoms with Gasteiger partial charge in [0.25, 0.3) is 5.91 Å². The molecule has 0 aliphatic carbocycles. The average Bonchev–Trinajstić information content (AvgIpc) is 2.71. The zero-order valence-electron chi connectivity index (χ0n) is 16.2. The van der Waals surface area contributed by atoms with E-state index < -0.39 is 12.0 Å². The minimum atomic E-state index is -0.437. The molecule has 0 radical (unpaired) electrons. The molecule has 0 aromatic heterocycles. The van der Waals surface area contributed by atoms with E-state index in [0.29, 0.717) is 32.7 Å². The maximum absolute atomic E-state index is 13.3. The molecule has 0 N–H and O–H groups in total. The summed E-state index contributed by atoms with van der Waals surface area (Å²) in [6, 6.07) is 9.35. The second-order valence-corrected chi connectivity index (χ2v) is 9.99. The minimum Gasteiger partial charge on any atom is -0.334 e. The molecule has 1 saturated heterocycles. The molecule has 2 heterocycles. The predicted octanol–water partition coefficient (Wildman–Crippen LogP) is 6.27. The number of nitrogens with zero attached hydrogens (tertiary/aromatic N) is 3. The summed E-state index contributed by atoms with van der Waals surface area (Å²) in [5.74, 6) is -0.778. The lowest BCUT2D eigenvalue weighted by molar-refractivity contribution is -0.124. The first kappa shape index (κ1) is 22.9. The van der Waals surface area contributed by atoms with Crippen molar-refractivity contribution in [1.82, 2.24) is 4.90 Å². The lowest BCUT2D eigenvalue weighted by atomic mass is 9.85. The quantitative estimate of drug-likeness (QED) is 0.404. The number of aliphatic imine (C=N–C) groups is 1. The molecule has 5 nitrogen and oxygen atoms in total. The SMILES string of the molecule is C[C@@H]1CC2C(=O)N(c3ccc(Br)cc3Cl)C(Cl)=NC2CN1C(=O)c1ccc(Cl)c(Cl)c1. The maximum atomic E-state index is 13.3. The molecule has 162 valence electrons. The van der Waals surface area contributed by atoms with Crippen molar-refractivity contribution in [3.05, 3.63) is 61.5 Å². The highest BCUT2D eigenvalue weighted by Crippen LogP contribution is 2.37. The van der Waals surface area contributed by atoms with Crippen molar-refractivity contribution in [2.75, 3.05) is 11.4 Å². The van der Waals surface area contributed by atoms with Gasteiger partial charge in [-0.3, -0.25) is 19.5 Å². The Kier molecular flexibility index (Phi) is 6.57. The van der Waals surface area contributed by atoms with Gasteiger partial charge in [-0.05, 0) is 61.3 Å². The zero-order chi connectivity index (χ0) is 22.4. The smallest absolute Gasteiger partial charge is 0.254 e. The van der Waals surface area contributed by atoms with Gasteiger partial charge < -0.3 is 4.90 Å². The Morgan fingerprint density at radius 2 is 1.81 bits per heavy atom. The summed E-state index contributed by atoms with van der Waals surface area (Å²) in [6.07, 6.45) is 0.453. The summed E-state index contributed by atoms with van der Waals surface area (Å²) in [4.78, 5) is 34.0. The Labute approximate surface area is 208 Å². The van der Waals surface area contributed by atoms with E-state index in [4.69, 9.17) is 46.4 Å². The van der Waals surface area contributed by atoms with Gasteiger partial charge in [-0.2, -0.15) is 0 Å². The molecule has 3 atom stereocenters. The number of carbonyl (C=O) groups is 2. The van der Waals surface area contributed by atoms with Gasteiger partial charge in [0.15, 0.2) is 0 Å². The fourth-order valence-electron chi connectivity index (χ4n) is 3.97. The molecule has 10 heteroatoms. The minimum absolute atomic E-state index is 0.0342. The molecule has 0 bridgehead atoms. The summed E-state index contributed by atoms with van der Waals surface area (Å²) >= 11 is 28.1. The molecular weight excluding hydrogens is 548 g/mol. The first-order chi connectivity index (χ1) is 14.7. The van der Waals surface area contributed by atoms with Gasteiger partial charge in [0, 0.05) is 22.6 Å². The van der Waals surface area contributed by atoms with Crippen molar-refractivity contribution in [2.24, 2.45) is 10.9 Å². The monoisotopic (exact) mass is 561 g/mol. The molecular formula is C21H16BrCl4N3O2. The van der Waals surface area contributed by atoms with Gasteiger partial charge in [0.05, 0.1) is 32.7 Å². The predicted molar refractivity (Wildman–Crippen MR) is 129 cm³/mol. The van der Waals surface area contributed by atoms with Crippen molar-refractivity contribution in [3.63, 3.8) is 0 Å². The Morgan fingerprint density at radius 3 is 2.48 bits per heavy atom. The number of piperidine rings is 1. The van der Waals surface area contributed by atoms with Crippen LogP contribution in [0.15, 0.2) is 45.9 Å². The summed E-state index contributed by atoms with van der Waals surface area (Å²) in [6.45, 7) is 2.19. The van der Waals surface area contributed by atoms with Crippen molar-refractivity contribution in [3.8, 4) is 0 Å². The second-order valence-electron chi connectivity index (χ2n) is 7.51. The fourth-order valence-corrected chi connectivity index (χ4v) is 5.32. The summed E-state index contributed by atoms with van der Waals surface area (Å²) in [5, 5.41) is 1.11. The molecule has 4 rings (SSSR count). The van der Waals surface area contributed by atoms with Crippen molar-refractivity contribution in [1.29, 1.82) is 0 Å². The van der Waals surface area contributed by atoms with Gasteiger partial charge in [-0.1, -0.05) is 50.7 Å². The first-order valence-corrected chi connectivity index (χ1v) is 11.8. The van der Waals surface area contributed by atoms with E-state index in [1.165, 1.54) is 4.90 Å². The van der Waals surface area contributed by atoms with E-state index in [1.54, 1.807) is 41.3 Å². The van der Waals surface area contributed by atoms with Crippen LogP contribution in [0.5, 0.6) is 0 Å². The molecule has 0 saturated carbocycles. The van der Waals surface area contributed by atoms with Gasteiger partial charge in [0.2, 0.25) is 11.2 Å². The summed E-state index contributed by atoms with van der Waals surface area (Å²) < 4.78 is 0.791. The van der Waals surface area contributed by atoms with Crippen LogP contribution in [0.2, 0.25) is 15.1 Å². The molecule has 31 heavy (non-hydrogen) atoms. The molecule has 2 aromatic carbocycles. The van der Waals surface area contributed by atoms with Gasteiger partial charge in [-0.15, -0.1) is 0 Å². The normalized spacial score (nSPS) is 23.5. The van der Waals surface area contributed by atoms with Gasteiger partial charge in [0.1, 0.15) is 0 Å². The fraction of sp³-hybridized carbons (Fsp3) is 0.286. The van der Waals surface area contributed by atoms with E-state index >= 15 is 0 Å². The van der Waals surface area contributed by atoms with Crippen LogP contribution in [0, 0.1) is 5.92 Å². The number of amides is 2. The Balaban J connectivity index is 1.62. The third-order valence-corrected chi connectivity index (χ3v) is 7.35. The van der Waals surface area contributed by atoms with E-state index in [1.807, 2.05) is 6.92 Å². The van der Waals surface area contributed by atoms with Crippen LogP contribution in [0.25, 0.3) is 0 Å². The number of anilines is 1. The maximum Gasteiger partial charge on any atom is 0.254 e. The summed E-state index contributed by atoms with van der Waals surface area (Å²) in [7, 11) is 0. The number of hydrogen-bond donors (Lipinski definition) is 0. The Bertz CT molecular complexity index is 1110. The molecule has 0 spiro atoms. The number of amidine groups is 1. The highest BCUT2D eigenvalue weighted by molar-refractivity contribution is 9.10. The molecule has 2 aliphatic rings. The Morgan fingerprint density at radius 1 is 1.06 bits per heavy atom. The number of carbonyl (C=O) groups excluding carboxylic acids is 2. The highest BCUT2D eigenvalue weighted by atomic mass is 79.9. The molecule has 2 amide bonds. The van der Waals surface area contributed by atoms with Crippen LogP contribution < -0.4 is 4.90 Å². The van der Waals surface area contributed by atoms with E-state index in [0.717, 1.165) is 4.47 Å².